The van der Waals surface area contributed by atoms with E-state index in [4.69, 9.17) is 5.11 Å². The number of hydrogen-bond acceptors (Lipinski definition) is 3. The van der Waals surface area contributed by atoms with Crippen LogP contribution in [0.4, 0.5) is 4.79 Å². The highest BCUT2D eigenvalue weighted by Gasteiger charge is 2.31. The zero-order valence-electron chi connectivity index (χ0n) is 12.5. The Morgan fingerprint density at radius 3 is 1.95 bits per heavy atom. The van der Waals surface area contributed by atoms with Gasteiger partial charge in [0.25, 0.3) is 0 Å². The maximum Gasteiger partial charge on any atom is 0.321 e. The van der Waals surface area contributed by atoms with Gasteiger partial charge in [-0.25, -0.2) is 4.79 Å². The van der Waals surface area contributed by atoms with Crippen molar-refractivity contribution in [3.8, 4) is 0 Å². The van der Waals surface area contributed by atoms with E-state index in [1.54, 1.807) is 0 Å². The molecule has 19 heavy (non-hydrogen) atoms. The quantitative estimate of drug-likeness (QED) is 0.726. The van der Waals surface area contributed by atoms with E-state index in [-0.39, 0.29) is 17.9 Å². The first kappa shape index (κ1) is 17.4. The minimum absolute atomic E-state index is 0.118. The Hall–Kier alpha value is -1.59. The number of urea groups is 1. The SMILES string of the molecule is CC(NC(=O)NC(=O)CC(C)(C)C(=O)O)C(C)(C)C. The summed E-state index contributed by atoms with van der Waals surface area (Å²) in [6.07, 6.45) is -0.250. The van der Waals surface area contributed by atoms with Crippen LogP contribution >= 0.6 is 0 Å². The van der Waals surface area contributed by atoms with Gasteiger partial charge in [0.2, 0.25) is 5.91 Å². The lowest BCUT2D eigenvalue weighted by Gasteiger charge is -2.28. The smallest absolute Gasteiger partial charge is 0.321 e. The maximum absolute atomic E-state index is 11.6. The molecule has 0 spiro atoms. The summed E-state index contributed by atoms with van der Waals surface area (Å²) in [7, 11) is 0. The third-order valence-electron chi connectivity index (χ3n) is 3.08. The average Bonchev–Trinajstić information content (AvgIpc) is 2.13. The summed E-state index contributed by atoms with van der Waals surface area (Å²) in [6.45, 7) is 10.6. The average molecular weight is 272 g/mol. The molecule has 0 heterocycles. The number of rotatable bonds is 4. The van der Waals surface area contributed by atoms with Gasteiger partial charge >= 0.3 is 12.0 Å². The van der Waals surface area contributed by atoms with Crippen molar-refractivity contribution >= 4 is 17.9 Å². The molecule has 6 heteroatoms. The van der Waals surface area contributed by atoms with E-state index in [0.717, 1.165) is 0 Å². The van der Waals surface area contributed by atoms with Gasteiger partial charge in [-0.15, -0.1) is 0 Å². The van der Waals surface area contributed by atoms with Gasteiger partial charge < -0.3 is 10.4 Å². The molecule has 0 radical (unpaired) electrons. The highest BCUT2D eigenvalue weighted by atomic mass is 16.4. The lowest BCUT2D eigenvalue weighted by Crippen LogP contribution is -2.48. The zero-order valence-corrected chi connectivity index (χ0v) is 12.5. The van der Waals surface area contributed by atoms with Crippen molar-refractivity contribution in [2.24, 2.45) is 10.8 Å². The molecule has 0 fully saturated rings. The van der Waals surface area contributed by atoms with E-state index in [1.807, 2.05) is 27.7 Å². The van der Waals surface area contributed by atoms with Crippen molar-refractivity contribution in [2.75, 3.05) is 0 Å². The Morgan fingerprint density at radius 2 is 1.58 bits per heavy atom. The maximum atomic E-state index is 11.6. The summed E-state index contributed by atoms with van der Waals surface area (Å²) in [5.74, 6) is -1.68. The Kier molecular flexibility index (Phi) is 5.53. The van der Waals surface area contributed by atoms with Crippen LogP contribution in [0.25, 0.3) is 0 Å². The van der Waals surface area contributed by atoms with E-state index < -0.39 is 23.3 Å². The zero-order chi connectivity index (χ0) is 15.4. The Bertz CT molecular complexity index is 369. The largest absolute Gasteiger partial charge is 0.481 e. The monoisotopic (exact) mass is 272 g/mol. The first-order valence-electron chi connectivity index (χ1n) is 6.20. The van der Waals surface area contributed by atoms with Crippen LogP contribution in [-0.4, -0.2) is 29.1 Å². The summed E-state index contributed by atoms with van der Waals surface area (Å²) in [4.78, 5) is 34.0. The molecule has 3 amide bonds. The first-order chi connectivity index (χ1) is 8.36. The number of amides is 3. The van der Waals surface area contributed by atoms with E-state index in [1.165, 1.54) is 13.8 Å². The summed E-state index contributed by atoms with van der Waals surface area (Å²) in [5, 5.41) is 13.7. The molecule has 3 N–H and O–H groups in total. The van der Waals surface area contributed by atoms with Gasteiger partial charge in [0, 0.05) is 12.5 Å². The van der Waals surface area contributed by atoms with E-state index in [9.17, 15) is 14.4 Å². The molecule has 110 valence electrons. The van der Waals surface area contributed by atoms with Crippen molar-refractivity contribution in [2.45, 2.75) is 54.0 Å². The number of aliphatic carboxylic acids is 1. The predicted molar refractivity (Wildman–Crippen MR) is 71.6 cm³/mol. The summed E-state index contributed by atoms with van der Waals surface area (Å²) < 4.78 is 0. The van der Waals surface area contributed by atoms with Crippen LogP contribution in [-0.2, 0) is 9.59 Å². The number of imide groups is 1. The molecule has 0 rings (SSSR count). The Labute approximate surface area is 113 Å². The lowest BCUT2D eigenvalue weighted by molar-refractivity contribution is -0.149. The molecular weight excluding hydrogens is 248 g/mol. The third kappa shape index (κ3) is 6.22. The minimum atomic E-state index is -1.19. The second-order valence-corrected chi connectivity index (χ2v) is 6.48. The fourth-order valence-electron chi connectivity index (χ4n) is 1.10. The number of hydrogen-bond donors (Lipinski definition) is 3. The molecule has 0 aromatic heterocycles. The molecular formula is C13H24N2O4. The molecule has 0 bridgehead atoms. The van der Waals surface area contributed by atoms with Crippen molar-refractivity contribution in [1.29, 1.82) is 0 Å². The van der Waals surface area contributed by atoms with Crippen molar-refractivity contribution < 1.29 is 19.5 Å². The van der Waals surface area contributed by atoms with Gasteiger partial charge in [0.1, 0.15) is 0 Å². The van der Waals surface area contributed by atoms with Crippen LogP contribution in [0.3, 0.4) is 0 Å². The van der Waals surface area contributed by atoms with Gasteiger partial charge in [0.15, 0.2) is 0 Å². The Balaban J connectivity index is 4.36. The fraction of sp³-hybridized carbons (Fsp3) is 0.769. The second-order valence-electron chi connectivity index (χ2n) is 6.48. The normalized spacial score (nSPS) is 13.6. The van der Waals surface area contributed by atoms with Crippen LogP contribution in [0.5, 0.6) is 0 Å². The van der Waals surface area contributed by atoms with Gasteiger partial charge in [-0.2, -0.15) is 0 Å². The van der Waals surface area contributed by atoms with Gasteiger partial charge in [-0.1, -0.05) is 20.8 Å². The minimum Gasteiger partial charge on any atom is -0.481 e. The third-order valence-corrected chi connectivity index (χ3v) is 3.08. The fourth-order valence-corrected chi connectivity index (χ4v) is 1.10. The van der Waals surface area contributed by atoms with Crippen LogP contribution in [0.1, 0.15) is 48.0 Å². The van der Waals surface area contributed by atoms with Gasteiger partial charge in [0.05, 0.1) is 5.41 Å². The molecule has 0 saturated heterocycles. The molecule has 0 aliphatic heterocycles. The number of nitrogens with one attached hydrogen (secondary N) is 2. The number of carboxylic acids is 1. The Morgan fingerprint density at radius 1 is 1.11 bits per heavy atom. The molecule has 6 nitrogen and oxygen atoms in total. The number of carbonyl (C=O) groups is 3. The molecule has 0 aliphatic carbocycles. The van der Waals surface area contributed by atoms with Crippen molar-refractivity contribution in [3.63, 3.8) is 0 Å². The van der Waals surface area contributed by atoms with Gasteiger partial charge in [-0.05, 0) is 26.2 Å². The molecule has 1 atom stereocenters. The molecule has 1 unspecified atom stereocenters. The lowest BCUT2D eigenvalue weighted by atomic mass is 9.88. The molecule has 0 aliphatic rings. The molecule has 0 saturated carbocycles. The van der Waals surface area contributed by atoms with Crippen LogP contribution in [0, 0.1) is 10.8 Å². The summed E-state index contributed by atoms with van der Waals surface area (Å²) in [6, 6.07) is -0.721. The summed E-state index contributed by atoms with van der Waals surface area (Å²) >= 11 is 0. The number of carbonyl (C=O) groups excluding carboxylic acids is 2. The standard InChI is InChI=1S/C13H24N2O4/c1-8(12(2,3)4)14-11(19)15-9(16)7-13(5,6)10(17)18/h8H,7H2,1-6H3,(H,17,18)(H2,14,15,16,19). The van der Waals surface area contributed by atoms with Crippen LogP contribution < -0.4 is 10.6 Å². The van der Waals surface area contributed by atoms with E-state index in [2.05, 4.69) is 10.6 Å². The first-order valence-corrected chi connectivity index (χ1v) is 6.20. The van der Waals surface area contributed by atoms with E-state index in [0.29, 0.717) is 0 Å². The topological polar surface area (TPSA) is 95.5 Å². The highest BCUT2D eigenvalue weighted by molar-refractivity contribution is 5.96. The van der Waals surface area contributed by atoms with Crippen LogP contribution in [0.15, 0.2) is 0 Å². The van der Waals surface area contributed by atoms with E-state index >= 15 is 0 Å². The number of carboxylic acid groups (broad SMARTS) is 1. The van der Waals surface area contributed by atoms with Crippen molar-refractivity contribution in [1.82, 2.24) is 10.6 Å². The summed E-state index contributed by atoms with van der Waals surface area (Å²) in [5.41, 5.74) is -1.32. The van der Waals surface area contributed by atoms with Gasteiger partial charge in [-0.3, -0.25) is 14.9 Å². The molecule has 0 aromatic rings. The van der Waals surface area contributed by atoms with Crippen LogP contribution in [0.2, 0.25) is 0 Å². The predicted octanol–water partition coefficient (Wildman–Crippen LogP) is 1.75. The molecule has 0 aromatic carbocycles. The second kappa shape index (κ2) is 6.04. The highest BCUT2D eigenvalue weighted by Crippen LogP contribution is 2.20. The van der Waals surface area contributed by atoms with Crippen molar-refractivity contribution in [3.05, 3.63) is 0 Å².